The zero-order valence-corrected chi connectivity index (χ0v) is 15.0. The van der Waals surface area contributed by atoms with E-state index >= 15 is 0 Å². The second kappa shape index (κ2) is 8.16. The lowest BCUT2D eigenvalue weighted by Gasteiger charge is -2.35. The van der Waals surface area contributed by atoms with Crippen LogP contribution in [0.3, 0.4) is 0 Å². The number of rotatable bonds is 2. The molecule has 0 saturated carbocycles. The van der Waals surface area contributed by atoms with Gasteiger partial charge in [-0.2, -0.15) is 14.0 Å². The van der Waals surface area contributed by atoms with Crippen molar-refractivity contribution in [1.82, 2.24) is 4.90 Å². The average Bonchev–Trinajstić information content (AvgIpc) is 3.06. The number of hydrogen-bond donors (Lipinski definition) is 1. The van der Waals surface area contributed by atoms with Crippen molar-refractivity contribution in [2.75, 3.05) is 6.54 Å². The highest BCUT2D eigenvalue weighted by Crippen LogP contribution is 2.38. The van der Waals surface area contributed by atoms with Crippen molar-refractivity contribution < 1.29 is 28.9 Å². The molecule has 6 nitrogen and oxygen atoms in total. The summed E-state index contributed by atoms with van der Waals surface area (Å²) in [5, 5.41) is 0. The summed E-state index contributed by atoms with van der Waals surface area (Å²) in [5.41, 5.74) is 2.77. The second-order valence-electron chi connectivity index (χ2n) is 6.34. The van der Waals surface area contributed by atoms with E-state index in [2.05, 4.69) is 65.6 Å². The van der Waals surface area contributed by atoms with Gasteiger partial charge in [0.2, 0.25) is 0 Å². The molecule has 1 N–H and O–H groups in total. The Morgan fingerprint density at radius 2 is 1.46 bits per heavy atom. The van der Waals surface area contributed by atoms with Crippen LogP contribution in [-0.2, 0) is 0 Å². The van der Waals surface area contributed by atoms with Gasteiger partial charge in [-0.15, -0.1) is 0 Å². The minimum Gasteiger partial charge on any atom is -0.351 e. The van der Waals surface area contributed by atoms with Crippen molar-refractivity contribution >= 4 is 5.84 Å². The van der Waals surface area contributed by atoms with Gasteiger partial charge < -0.3 is 4.90 Å². The first-order valence-corrected chi connectivity index (χ1v) is 9.74. The Morgan fingerprint density at radius 1 is 0.923 bits per heavy atom. The van der Waals surface area contributed by atoms with Gasteiger partial charge in [-0.3, -0.25) is 4.99 Å². The van der Waals surface area contributed by atoms with Crippen LogP contribution in [0.2, 0.25) is 0 Å². The first-order valence-electron chi connectivity index (χ1n) is 8.48. The molecule has 138 valence electrons. The van der Waals surface area contributed by atoms with Crippen LogP contribution in [0.4, 0.5) is 0 Å². The number of hydrogen-bond acceptors (Lipinski definition) is 6. The maximum Gasteiger partial charge on any atom is 0.100 e. The van der Waals surface area contributed by atoms with Crippen molar-refractivity contribution in [3.8, 4) is 0 Å². The highest BCUT2D eigenvalue weighted by atomic mass is 35.7. The van der Waals surface area contributed by atoms with Crippen LogP contribution < -0.4 is 14.0 Å². The molecule has 0 aromatic heterocycles. The summed E-state index contributed by atoms with van der Waals surface area (Å²) in [6.07, 6.45) is 3.62. The molecule has 0 amide bonds. The number of nitrogens with zero attached hydrogens (tertiary/aromatic N) is 2. The van der Waals surface area contributed by atoms with Gasteiger partial charge in [0.25, 0.3) is 0 Å². The Balaban J connectivity index is 0.000000349. The van der Waals surface area contributed by atoms with Crippen LogP contribution in [0, 0.1) is 10.2 Å². The fraction of sp³-hybridized carbons (Fsp3) is 0.316. The molecule has 2 aromatic carbocycles. The molecule has 2 unspecified atom stereocenters. The fourth-order valence-corrected chi connectivity index (χ4v) is 3.59. The lowest BCUT2D eigenvalue weighted by atomic mass is 9.95. The normalized spacial score (nSPS) is 22.2. The SMILES string of the molecule is [O-][Cl+3]([O-])([O-])O.c1ccc(C2CN3C(=N2)CCCC3c2ccccc2)cc1. The third-order valence-electron chi connectivity index (χ3n) is 4.63. The maximum atomic E-state index is 8.60. The van der Waals surface area contributed by atoms with Gasteiger partial charge >= 0.3 is 0 Å². The lowest BCUT2D eigenvalue weighted by Crippen LogP contribution is -2.58. The molecule has 0 aliphatic carbocycles. The van der Waals surface area contributed by atoms with Gasteiger partial charge in [-0.05, 0) is 24.0 Å². The van der Waals surface area contributed by atoms with Crippen LogP contribution >= 0.6 is 0 Å². The third-order valence-corrected chi connectivity index (χ3v) is 4.63. The Morgan fingerprint density at radius 3 is 2.04 bits per heavy atom. The van der Waals surface area contributed by atoms with Gasteiger partial charge in [-0.25, -0.2) is 0 Å². The van der Waals surface area contributed by atoms with Gasteiger partial charge in [0, 0.05) is 13.0 Å². The second-order valence-corrected chi connectivity index (χ2v) is 7.13. The largest absolute Gasteiger partial charge is 0.351 e. The molecule has 2 atom stereocenters. The van der Waals surface area contributed by atoms with Crippen LogP contribution in [0.5, 0.6) is 0 Å². The molecule has 26 heavy (non-hydrogen) atoms. The van der Waals surface area contributed by atoms with E-state index < -0.39 is 10.2 Å². The van der Waals surface area contributed by atoms with Crippen molar-refractivity contribution in [3.63, 3.8) is 0 Å². The summed E-state index contributed by atoms with van der Waals surface area (Å²) in [6, 6.07) is 22.4. The molecule has 0 spiro atoms. The number of halogens is 1. The smallest absolute Gasteiger partial charge is 0.100 e. The Labute approximate surface area is 154 Å². The van der Waals surface area contributed by atoms with Crippen LogP contribution in [0.15, 0.2) is 65.7 Å². The number of fused-ring (bicyclic) bond motifs is 1. The first-order chi connectivity index (χ1) is 12.4. The molecule has 2 aliphatic heterocycles. The molecule has 7 heteroatoms. The molecule has 1 saturated heterocycles. The Hall–Kier alpha value is -1.96. The molecular formula is C19H21ClN2O4. The summed E-state index contributed by atoms with van der Waals surface area (Å²) in [4.78, 5) is 7.54. The van der Waals surface area contributed by atoms with Crippen molar-refractivity contribution in [1.29, 1.82) is 0 Å². The van der Waals surface area contributed by atoms with Gasteiger partial charge in [0.05, 0.1) is 27.0 Å². The molecule has 2 aliphatic rings. The van der Waals surface area contributed by atoms with E-state index in [-0.39, 0.29) is 0 Å². The summed E-state index contributed by atoms with van der Waals surface area (Å²) in [5.74, 6) is 1.31. The number of aliphatic imine (C=N–C) groups is 1. The molecule has 2 aromatic rings. The van der Waals surface area contributed by atoms with Crippen LogP contribution in [-0.4, -0.2) is 21.9 Å². The minimum atomic E-state index is -4.69. The van der Waals surface area contributed by atoms with Crippen LogP contribution in [0.25, 0.3) is 0 Å². The number of piperidine rings is 1. The van der Waals surface area contributed by atoms with Gasteiger partial charge in [0.1, 0.15) is 5.84 Å². The lowest BCUT2D eigenvalue weighted by molar-refractivity contribution is -1.92. The molecule has 4 rings (SSSR count). The van der Waals surface area contributed by atoms with E-state index in [4.69, 9.17) is 23.6 Å². The fourth-order valence-electron chi connectivity index (χ4n) is 3.59. The summed E-state index contributed by atoms with van der Waals surface area (Å²) in [7, 11) is -4.69. The highest BCUT2D eigenvalue weighted by molar-refractivity contribution is 5.85. The molecule has 0 radical (unpaired) electrons. The number of amidine groups is 1. The quantitative estimate of drug-likeness (QED) is 0.808. The van der Waals surface area contributed by atoms with Crippen LogP contribution in [0.1, 0.15) is 42.5 Å². The van der Waals surface area contributed by atoms with Crippen molar-refractivity contribution in [3.05, 3.63) is 71.8 Å². The highest BCUT2D eigenvalue weighted by Gasteiger charge is 2.34. The topological polar surface area (TPSA) is 105 Å². The third kappa shape index (κ3) is 5.03. The van der Waals surface area contributed by atoms with Gasteiger partial charge in [-0.1, -0.05) is 60.7 Å². The maximum absolute atomic E-state index is 8.60. The number of benzene rings is 2. The van der Waals surface area contributed by atoms with E-state index in [1.54, 1.807) is 0 Å². The van der Waals surface area contributed by atoms with E-state index in [0.717, 1.165) is 13.0 Å². The van der Waals surface area contributed by atoms with Crippen molar-refractivity contribution in [2.45, 2.75) is 31.3 Å². The molecule has 0 bridgehead atoms. The summed E-state index contributed by atoms with van der Waals surface area (Å²) in [6.45, 7) is 1.03. The Bertz CT molecular complexity index is 728. The zero-order valence-electron chi connectivity index (χ0n) is 14.2. The monoisotopic (exact) mass is 376 g/mol. The van der Waals surface area contributed by atoms with Gasteiger partial charge in [0.15, 0.2) is 0 Å². The van der Waals surface area contributed by atoms with E-state index in [0.29, 0.717) is 12.1 Å². The first kappa shape index (κ1) is 18.8. The summed E-state index contributed by atoms with van der Waals surface area (Å²) < 4.78 is 32.7. The van der Waals surface area contributed by atoms with E-state index in [1.807, 2.05) is 0 Å². The standard InChI is InChI=1S/C19H20N2.ClHO4/c1-3-8-15(9-4-1)17-14-21-18(12-7-13-19(21)20-17)16-10-5-2-6-11-16;2-1(3,4)5/h1-6,8-11,17-18H,7,12-14H2;(H,2,3,4,5). The predicted octanol–water partition coefficient (Wildman–Crippen LogP) is 0.243. The molecular weight excluding hydrogens is 356 g/mol. The van der Waals surface area contributed by atoms with Crippen molar-refractivity contribution in [2.24, 2.45) is 4.99 Å². The van der Waals surface area contributed by atoms with E-state index in [1.165, 1.54) is 29.8 Å². The molecule has 1 fully saturated rings. The minimum absolute atomic E-state index is 0.311. The average molecular weight is 377 g/mol. The van der Waals surface area contributed by atoms with E-state index in [9.17, 15) is 0 Å². The molecule has 2 heterocycles. The summed E-state index contributed by atoms with van der Waals surface area (Å²) >= 11 is 0. The zero-order chi connectivity index (χ0) is 18.6. The predicted molar refractivity (Wildman–Crippen MR) is 88.6 cm³/mol. The Kier molecular flexibility index (Phi) is 5.90.